The van der Waals surface area contributed by atoms with Crippen molar-refractivity contribution in [2.75, 3.05) is 20.0 Å². The van der Waals surface area contributed by atoms with Crippen LogP contribution in [0.5, 0.6) is 0 Å². The summed E-state index contributed by atoms with van der Waals surface area (Å²) >= 11 is 0. The van der Waals surface area contributed by atoms with Gasteiger partial charge >= 0.3 is 7.82 Å². The molecule has 0 amide bonds. The van der Waals surface area contributed by atoms with Crippen molar-refractivity contribution >= 4 is 7.82 Å². The Morgan fingerprint density at radius 2 is 0.763 bits per heavy atom. The van der Waals surface area contributed by atoms with Gasteiger partial charge in [-0.25, -0.2) is 44.1 Å². The van der Waals surface area contributed by atoms with Crippen molar-refractivity contribution in [2.24, 2.45) is 17.8 Å². The first-order valence-corrected chi connectivity index (χ1v) is 14.3. The van der Waals surface area contributed by atoms with Crippen molar-refractivity contribution in [3.05, 3.63) is 0 Å². The van der Waals surface area contributed by atoms with Crippen LogP contribution in [0, 0.1) is 17.8 Å². The minimum atomic E-state index is -5.25. The highest BCUT2D eigenvalue weighted by Crippen LogP contribution is 2.58. The Balaban J connectivity index is 6.66. The molecule has 0 radical (unpaired) electrons. The van der Waals surface area contributed by atoms with E-state index in [9.17, 15) is 44.1 Å². The van der Waals surface area contributed by atoms with Gasteiger partial charge in [0.1, 0.15) is 0 Å². The van der Waals surface area contributed by atoms with Crippen LogP contribution in [-0.2, 0) is 18.1 Å². The van der Waals surface area contributed by atoms with E-state index in [0.717, 1.165) is 20.8 Å². The van der Waals surface area contributed by atoms with E-state index in [1.54, 1.807) is 20.8 Å². The van der Waals surface area contributed by atoms with Gasteiger partial charge in [-0.3, -0.25) is 13.6 Å². The second-order valence-electron chi connectivity index (χ2n) is 9.79. The van der Waals surface area contributed by atoms with Gasteiger partial charge in [-0.15, -0.1) is 0 Å². The molecule has 0 saturated carbocycles. The average molecular weight is 597 g/mol. The summed E-state index contributed by atoms with van der Waals surface area (Å²) in [5.74, 6) is -17.6. The summed E-state index contributed by atoms with van der Waals surface area (Å²) in [4.78, 5) is 0. The molecule has 0 aromatic carbocycles. The lowest BCUT2D eigenvalue weighted by Gasteiger charge is -2.37. The standard InChI is InChI=1S/C24H42F9O4P/c1-7-10-19(16(4)22(28,29)13-25)35-38(34,36-20(11-8-2)17(5)23(30,31)14-26)37-21(12-9-3)18(6)24(32,33)15-27/h16-21H,7-15H2,1-6H3. The maximum Gasteiger partial charge on any atom is 0.475 e. The molecule has 0 rings (SSSR count). The number of alkyl halides is 9. The van der Waals surface area contributed by atoms with E-state index in [1.165, 1.54) is 0 Å². The SMILES string of the molecule is CCCC(OP(=O)(OC(CCC)C(C)C(F)(F)CF)OC(CCC)C(C)C(F)(F)CF)C(C)C(F)(F)CF. The summed E-state index contributed by atoms with van der Waals surface area (Å²) in [6.45, 7) is 1.15. The summed E-state index contributed by atoms with van der Waals surface area (Å²) < 4.78 is 154. The molecule has 0 aromatic rings. The van der Waals surface area contributed by atoms with Crippen LogP contribution in [0.1, 0.15) is 80.1 Å². The first-order chi connectivity index (χ1) is 17.4. The molecule has 230 valence electrons. The lowest BCUT2D eigenvalue weighted by atomic mass is 9.95. The zero-order chi connectivity index (χ0) is 29.9. The Morgan fingerprint density at radius 1 is 0.553 bits per heavy atom. The van der Waals surface area contributed by atoms with E-state index in [0.29, 0.717) is 0 Å². The third-order valence-electron chi connectivity index (χ3n) is 6.72. The highest BCUT2D eigenvalue weighted by atomic mass is 31.2. The van der Waals surface area contributed by atoms with Crippen LogP contribution in [0.4, 0.5) is 39.5 Å². The lowest BCUT2D eigenvalue weighted by Crippen LogP contribution is -2.42. The molecule has 6 atom stereocenters. The van der Waals surface area contributed by atoms with E-state index in [1.807, 2.05) is 0 Å². The fourth-order valence-corrected chi connectivity index (χ4v) is 5.80. The molecule has 0 aliphatic rings. The molecule has 0 heterocycles. The first kappa shape index (κ1) is 37.5. The molecule has 0 spiro atoms. The quantitative estimate of drug-likeness (QED) is 0.0979. The van der Waals surface area contributed by atoms with Crippen LogP contribution in [0.3, 0.4) is 0 Å². The third kappa shape index (κ3) is 10.8. The molecule has 6 unspecified atom stereocenters. The summed E-state index contributed by atoms with van der Waals surface area (Å²) in [5, 5.41) is 0. The third-order valence-corrected chi connectivity index (χ3v) is 8.31. The zero-order valence-corrected chi connectivity index (χ0v) is 23.7. The first-order valence-electron chi connectivity index (χ1n) is 12.9. The molecule has 14 heteroatoms. The van der Waals surface area contributed by atoms with Crippen molar-refractivity contribution in [1.29, 1.82) is 0 Å². The number of rotatable bonds is 21. The van der Waals surface area contributed by atoms with Crippen LogP contribution in [0.2, 0.25) is 0 Å². The van der Waals surface area contributed by atoms with Gasteiger partial charge in [0.05, 0.1) is 18.3 Å². The van der Waals surface area contributed by atoms with Crippen LogP contribution >= 0.6 is 7.82 Å². The molecule has 0 aromatic heterocycles. The molecule has 38 heavy (non-hydrogen) atoms. The molecule has 0 saturated heterocycles. The number of phosphoric ester groups is 1. The van der Waals surface area contributed by atoms with Gasteiger partial charge in [0.15, 0.2) is 20.0 Å². The Morgan fingerprint density at radius 3 is 0.921 bits per heavy atom. The lowest BCUT2D eigenvalue weighted by molar-refractivity contribution is -0.135. The molecule has 0 aliphatic heterocycles. The van der Waals surface area contributed by atoms with Crippen LogP contribution in [0.15, 0.2) is 0 Å². The fourth-order valence-electron chi connectivity index (χ4n) is 3.79. The van der Waals surface area contributed by atoms with E-state index in [4.69, 9.17) is 13.6 Å². The largest absolute Gasteiger partial charge is 0.475 e. The van der Waals surface area contributed by atoms with Crippen molar-refractivity contribution in [3.63, 3.8) is 0 Å². The second-order valence-corrected chi connectivity index (χ2v) is 11.3. The van der Waals surface area contributed by atoms with Gasteiger partial charge in [-0.1, -0.05) is 60.8 Å². The van der Waals surface area contributed by atoms with E-state index in [-0.39, 0.29) is 38.5 Å². The summed E-state index contributed by atoms with van der Waals surface area (Å²) in [5.41, 5.74) is 0. The number of halogens is 9. The van der Waals surface area contributed by atoms with Crippen molar-refractivity contribution in [1.82, 2.24) is 0 Å². The number of hydrogen-bond acceptors (Lipinski definition) is 4. The normalized spacial score (nSPS) is 19.9. The predicted octanol–water partition coefficient (Wildman–Crippen LogP) is 9.37. The molecule has 4 nitrogen and oxygen atoms in total. The van der Waals surface area contributed by atoms with Gasteiger partial charge < -0.3 is 0 Å². The predicted molar refractivity (Wildman–Crippen MR) is 127 cm³/mol. The van der Waals surface area contributed by atoms with Crippen molar-refractivity contribution in [3.8, 4) is 0 Å². The number of phosphoric acid groups is 1. The van der Waals surface area contributed by atoms with Gasteiger partial charge in [0.25, 0.3) is 17.8 Å². The Kier molecular flexibility index (Phi) is 15.8. The highest BCUT2D eigenvalue weighted by molar-refractivity contribution is 7.48. The highest BCUT2D eigenvalue weighted by Gasteiger charge is 2.51. The minimum Gasteiger partial charge on any atom is -0.283 e. The van der Waals surface area contributed by atoms with Crippen molar-refractivity contribution in [2.45, 2.75) is 116 Å². The summed E-state index contributed by atoms with van der Waals surface area (Å²) in [6.07, 6.45) is -5.27. The van der Waals surface area contributed by atoms with E-state index in [2.05, 4.69) is 0 Å². The summed E-state index contributed by atoms with van der Waals surface area (Å²) in [7, 11) is -5.25. The Hall–Kier alpha value is -0.520. The van der Waals surface area contributed by atoms with Crippen LogP contribution in [0.25, 0.3) is 0 Å². The minimum absolute atomic E-state index is 0.167. The molecule has 0 aliphatic carbocycles. The number of hydrogen-bond donors (Lipinski definition) is 0. The topological polar surface area (TPSA) is 44.8 Å². The molecular formula is C24H42F9O4P. The maximum atomic E-state index is 14.2. The molecule has 0 fully saturated rings. The monoisotopic (exact) mass is 596 g/mol. The molecule has 0 N–H and O–H groups in total. The molecular weight excluding hydrogens is 554 g/mol. The average Bonchev–Trinajstić information content (AvgIpc) is 2.86. The fraction of sp³-hybridized carbons (Fsp3) is 1.00. The molecule has 0 bridgehead atoms. The van der Waals surface area contributed by atoms with E-state index >= 15 is 0 Å². The second kappa shape index (κ2) is 16.1. The van der Waals surface area contributed by atoms with E-state index < -0.39 is 81.7 Å². The van der Waals surface area contributed by atoms with Crippen LogP contribution < -0.4 is 0 Å². The van der Waals surface area contributed by atoms with Crippen molar-refractivity contribution < 1.29 is 57.7 Å². The van der Waals surface area contributed by atoms with Gasteiger partial charge in [0.2, 0.25) is 0 Å². The Labute approximate surface area is 220 Å². The van der Waals surface area contributed by atoms with Gasteiger partial charge in [-0.05, 0) is 19.3 Å². The van der Waals surface area contributed by atoms with Gasteiger partial charge in [-0.2, -0.15) is 0 Å². The Bertz CT molecular complexity index is 624. The smallest absolute Gasteiger partial charge is 0.283 e. The zero-order valence-electron chi connectivity index (χ0n) is 22.8. The summed E-state index contributed by atoms with van der Waals surface area (Å²) in [6, 6.07) is 0. The maximum absolute atomic E-state index is 14.2. The van der Waals surface area contributed by atoms with Gasteiger partial charge in [0, 0.05) is 17.8 Å². The van der Waals surface area contributed by atoms with Crippen LogP contribution in [-0.4, -0.2) is 56.1 Å².